The molecule has 0 atom stereocenters. The molecule has 0 aliphatic heterocycles. The average Bonchev–Trinajstić information content (AvgIpc) is 3.31. The van der Waals surface area contributed by atoms with Gasteiger partial charge in [0, 0.05) is 17.9 Å². The number of carbonyl (C=O) groups is 1. The second kappa shape index (κ2) is 10.6. The summed E-state index contributed by atoms with van der Waals surface area (Å²) in [5, 5.41) is 10.1. The van der Waals surface area contributed by atoms with Gasteiger partial charge in [-0.1, -0.05) is 12.8 Å². The molecule has 0 aliphatic carbocycles. The number of fused-ring (bicyclic) bond motifs is 2. The zero-order valence-electron chi connectivity index (χ0n) is 18.2. The summed E-state index contributed by atoms with van der Waals surface area (Å²) in [6.45, 7) is 0.507. The molecule has 2 N–H and O–H groups in total. The highest BCUT2D eigenvalue weighted by molar-refractivity contribution is 5.87. The van der Waals surface area contributed by atoms with Crippen molar-refractivity contribution in [3.05, 3.63) is 49.0 Å². The average molecular weight is 451 g/mol. The number of aromatic nitrogens is 2. The number of hydroxylamine groups is 1. The number of hydrogen-bond donors (Lipinski definition) is 2. The van der Waals surface area contributed by atoms with Gasteiger partial charge in [-0.15, -0.1) is 0 Å². The molecule has 33 heavy (non-hydrogen) atoms. The summed E-state index contributed by atoms with van der Waals surface area (Å²) in [5.74, 6) is 1.85. The van der Waals surface area contributed by atoms with Crippen LogP contribution in [0.25, 0.3) is 21.9 Å². The number of benzene rings is 2. The summed E-state index contributed by atoms with van der Waals surface area (Å²) in [6.07, 6.45) is 6.74. The number of nitrogens with zero attached hydrogens (tertiary/aromatic N) is 2. The van der Waals surface area contributed by atoms with Crippen LogP contribution in [0, 0.1) is 0 Å². The van der Waals surface area contributed by atoms with Crippen LogP contribution >= 0.6 is 0 Å². The first-order valence-corrected chi connectivity index (χ1v) is 10.7. The maximum atomic E-state index is 11.0. The number of methoxy groups -OCH3 is 1. The van der Waals surface area contributed by atoms with E-state index in [1.54, 1.807) is 18.9 Å². The smallest absolute Gasteiger partial charge is 0.243 e. The Bertz CT molecular complexity index is 1240. The molecule has 0 spiro atoms. The number of ether oxygens (including phenoxy) is 3. The van der Waals surface area contributed by atoms with Gasteiger partial charge in [0.05, 0.1) is 30.9 Å². The van der Waals surface area contributed by atoms with Crippen LogP contribution in [0.2, 0.25) is 0 Å². The highest BCUT2D eigenvalue weighted by Crippen LogP contribution is 2.36. The fourth-order valence-corrected chi connectivity index (χ4v) is 3.49. The minimum Gasteiger partial charge on any atom is -0.493 e. The van der Waals surface area contributed by atoms with Gasteiger partial charge in [-0.2, -0.15) is 0 Å². The third-order valence-electron chi connectivity index (χ3n) is 5.20. The molecule has 0 saturated carbocycles. The van der Waals surface area contributed by atoms with Gasteiger partial charge in [-0.05, 0) is 43.2 Å². The van der Waals surface area contributed by atoms with Gasteiger partial charge in [0.15, 0.2) is 11.5 Å². The first-order valence-electron chi connectivity index (χ1n) is 10.7. The van der Waals surface area contributed by atoms with Gasteiger partial charge in [-0.3, -0.25) is 10.0 Å². The zero-order chi connectivity index (χ0) is 23.0. The van der Waals surface area contributed by atoms with Crippen LogP contribution in [-0.2, 0) is 4.79 Å². The fourth-order valence-electron chi connectivity index (χ4n) is 3.49. The van der Waals surface area contributed by atoms with Crippen molar-refractivity contribution in [2.24, 2.45) is 0 Å². The van der Waals surface area contributed by atoms with Gasteiger partial charge in [0.25, 0.3) is 0 Å². The minimum atomic E-state index is -0.362. The van der Waals surface area contributed by atoms with Crippen LogP contribution in [0.4, 0.5) is 0 Å². The molecule has 1 amide bonds. The van der Waals surface area contributed by atoms with Crippen molar-refractivity contribution in [3.63, 3.8) is 0 Å². The lowest BCUT2D eigenvalue weighted by molar-refractivity contribution is -0.129. The molecule has 0 unspecified atom stereocenters. The lowest BCUT2D eigenvalue weighted by Gasteiger charge is -2.13. The largest absolute Gasteiger partial charge is 0.493 e. The first kappa shape index (κ1) is 22.3. The summed E-state index contributed by atoms with van der Waals surface area (Å²) < 4.78 is 22.9. The molecule has 2 heterocycles. The highest BCUT2D eigenvalue weighted by atomic mass is 16.5. The molecule has 0 fully saturated rings. The molecular weight excluding hydrogens is 426 g/mol. The SMILES string of the molecule is COc1cc2c(Oc3ccc4occc4c3)ncnc2cc1OCCCCCCC(=O)NO. The molecule has 172 valence electrons. The minimum absolute atomic E-state index is 0.315. The Labute approximate surface area is 190 Å². The normalized spacial score (nSPS) is 11.0. The van der Waals surface area contributed by atoms with Crippen molar-refractivity contribution < 1.29 is 28.6 Å². The van der Waals surface area contributed by atoms with Gasteiger partial charge in [0.2, 0.25) is 11.8 Å². The number of unbranched alkanes of at least 4 members (excludes halogenated alkanes) is 3. The molecule has 9 nitrogen and oxygen atoms in total. The Morgan fingerprint density at radius 1 is 1.06 bits per heavy atom. The van der Waals surface area contributed by atoms with Crippen molar-refractivity contribution in [2.75, 3.05) is 13.7 Å². The Hall–Kier alpha value is -3.85. The molecular formula is C24H25N3O6. The van der Waals surface area contributed by atoms with Crippen LogP contribution in [0.3, 0.4) is 0 Å². The summed E-state index contributed by atoms with van der Waals surface area (Å²) in [7, 11) is 1.58. The van der Waals surface area contributed by atoms with Crippen molar-refractivity contribution >= 4 is 27.8 Å². The van der Waals surface area contributed by atoms with E-state index < -0.39 is 0 Å². The van der Waals surface area contributed by atoms with Crippen molar-refractivity contribution in [1.29, 1.82) is 0 Å². The maximum absolute atomic E-state index is 11.0. The molecule has 2 aromatic heterocycles. The number of rotatable bonds is 11. The number of amides is 1. The molecule has 9 heteroatoms. The van der Waals surface area contributed by atoms with E-state index in [0.717, 1.165) is 36.7 Å². The van der Waals surface area contributed by atoms with Gasteiger partial charge in [-0.25, -0.2) is 15.4 Å². The van der Waals surface area contributed by atoms with E-state index in [-0.39, 0.29) is 5.91 Å². The van der Waals surface area contributed by atoms with E-state index in [1.165, 1.54) is 6.33 Å². The van der Waals surface area contributed by atoms with E-state index in [4.69, 9.17) is 23.8 Å². The van der Waals surface area contributed by atoms with Crippen LogP contribution in [-0.4, -0.2) is 34.8 Å². The van der Waals surface area contributed by atoms with E-state index in [2.05, 4.69) is 9.97 Å². The number of carbonyl (C=O) groups excluding carboxylic acids is 1. The fraction of sp³-hybridized carbons (Fsp3) is 0.292. The topological polar surface area (TPSA) is 116 Å². The standard InChI is InChI=1S/C24H25N3O6/c1-30-21-13-18-19(14-22(21)31-10-5-3-2-4-6-23(28)27-29)25-15-26-24(18)33-17-7-8-20-16(12-17)9-11-32-20/h7-9,11-15,29H,2-6,10H2,1H3,(H,27,28). The van der Waals surface area contributed by atoms with Crippen LogP contribution < -0.4 is 19.7 Å². The van der Waals surface area contributed by atoms with Crippen LogP contribution in [0.5, 0.6) is 23.1 Å². The Morgan fingerprint density at radius 3 is 2.79 bits per heavy atom. The molecule has 2 aromatic carbocycles. The number of hydrogen-bond acceptors (Lipinski definition) is 8. The molecule has 0 radical (unpaired) electrons. The predicted molar refractivity (Wildman–Crippen MR) is 121 cm³/mol. The summed E-state index contributed by atoms with van der Waals surface area (Å²) in [6, 6.07) is 11.1. The van der Waals surface area contributed by atoms with E-state index in [9.17, 15) is 4.79 Å². The monoisotopic (exact) mass is 451 g/mol. The van der Waals surface area contributed by atoms with Gasteiger partial charge >= 0.3 is 0 Å². The number of nitrogens with one attached hydrogen (secondary N) is 1. The number of furan rings is 1. The van der Waals surface area contributed by atoms with E-state index in [1.807, 2.05) is 36.4 Å². The molecule has 0 aliphatic rings. The third-order valence-corrected chi connectivity index (χ3v) is 5.20. The van der Waals surface area contributed by atoms with Crippen molar-refractivity contribution in [1.82, 2.24) is 15.4 Å². The van der Waals surface area contributed by atoms with E-state index >= 15 is 0 Å². The Balaban J connectivity index is 1.42. The summed E-state index contributed by atoms with van der Waals surface area (Å²) >= 11 is 0. The molecule has 4 aromatic rings. The van der Waals surface area contributed by atoms with Crippen molar-refractivity contribution in [3.8, 4) is 23.1 Å². The maximum Gasteiger partial charge on any atom is 0.243 e. The predicted octanol–water partition coefficient (Wildman–Crippen LogP) is 5.01. The quantitative estimate of drug-likeness (QED) is 0.186. The third kappa shape index (κ3) is 5.50. The van der Waals surface area contributed by atoms with Gasteiger partial charge < -0.3 is 18.6 Å². The van der Waals surface area contributed by atoms with Crippen LogP contribution in [0.15, 0.2) is 53.4 Å². The lowest BCUT2D eigenvalue weighted by Crippen LogP contribution is -2.17. The Morgan fingerprint density at radius 2 is 1.94 bits per heavy atom. The molecule has 0 saturated heterocycles. The lowest BCUT2D eigenvalue weighted by atomic mass is 10.1. The highest BCUT2D eigenvalue weighted by Gasteiger charge is 2.13. The second-order valence-electron chi connectivity index (χ2n) is 7.47. The molecule has 4 rings (SSSR count). The molecule has 0 bridgehead atoms. The first-order chi connectivity index (χ1) is 16.2. The van der Waals surface area contributed by atoms with Gasteiger partial charge in [0.1, 0.15) is 17.7 Å². The summed E-state index contributed by atoms with van der Waals surface area (Å²) in [5.41, 5.74) is 3.10. The zero-order valence-corrected chi connectivity index (χ0v) is 18.2. The summed E-state index contributed by atoms with van der Waals surface area (Å²) in [4.78, 5) is 19.7. The Kier molecular flexibility index (Phi) is 7.21. The van der Waals surface area contributed by atoms with Crippen LogP contribution in [0.1, 0.15) is 32.1 Å². The van der Waals surface area contributed by atoms with Crippen molar-refractivity contribution in [2.45, 2.75) is 32.1 Å². The van der Waals surface area contributed by atoms with E-state index in [0.29, 0.717) is 47.1 Å². The second-order valence-corrected chi connectivity index (χ2v) is 7.47.